The zero-order chi connectivity index (χ0) is 20.8. The minimum absolute atomic E-state index is 0.0362. The van der Waals surface area contributed by atoms with Gasteiger partial charge in [-0.15, -0.1) is 11.3 Å². The van der Waals surface area contributed by atoms with Crippen LogP contribution in [0.15, 0.2) is 39.6 Å². The molecule has 2 aromatic rings. The SMILES string of the molecule is N#CCC1=NC(NCCCN2CCCC2)=NCC1c1nc(-c2ccc(Cl)cc2)cs1. The van der Waals surface area contributed by atoms with E-state index in [2.05, 4.69) is 26.3 Å². The van der Waals surface area contributed by atoms with Crippen LogP contribution in [0.25, 0.3) is 11.3 Å². The molecule has 3 heterocycles. The number of halogens is 1. The van der Waals surface area contributed by atoms with Crippen LogP contribution in [-0.4, -0.2) is 54.3 Å². The summed E-state index contributed by atoms with van der Waals surface area (Å²) in [6.45, 7) is 4.98. The lowest BCUT2D eigenvalue weighted by Gasteiger charge is -2.20. The molecule has 0 radical (unpaired) electrons. The molecule has 1 saturated heterocycles. The van der Waals surface area contributed by atoms with E-state index in [1.165, 1.54) is 25.9 Å². The van der Waals surface area contributed by atoms with Crippen LogP contribution in [0, 0.1) is 11.3 Å². The van der Waals surface area contributed by atoms with Crippen molar-refractivity contribution in [2.45, 2.75) is 31.6 Å². The Morgan fingerprint density at radius 3 is 2.80 bits per heavy atom. The molecule has 1 aromatic heterocycles. The van der Waals surface area contributed by atoms with Gasteiger partial charge in [0.15, 0.2) is 0 Å². The Labute approximate surface area is 186 Å². The molecule has 6 nitrogen and oxygen atoms in total. The Kier molecular flexibility index (Phi) is 7.11. The number of nitrogens with one attached hydrogen (secondary N) is 1. The van der Waals surface area contributed by atoms with E-state index in [0.717, 1.165) is 41.5 Å². The van der Waals surface area contributed by atoms with Crippen molar-refractivity contribution in [1.82, 2.24) is 15.2 Å². The minimum atomic E-state index is -0.0362. The van der Waals surface area contributed by atoms with Crippen LogP contribution in [0.3, 0.4) is 0 Å². The third kappa shape index (κ3) is 5.25. The second-order valence-corrected chi connectivity index (χ2v) is 8.89. The van der Waals surface area contributed by atoms with Gasteiger partial charge >= 0.3 is 0 Å². The highest BCUT2D eigenvalue weighted by molar-refractivity contribution is 7.10. The van der Waals surface area contributed by atoms with E-state index >= 15 is 0 Å². The minimum Gasteiger partial charge on any atom is -0.354 e. The van der Waals surface area contributed by atoms with Gasteiger partial charge in [-0.25, -0.2) is 9.98 Å². The molecule has 0 spiro atoms. The van der Waals surface area contributed by atoms with Crippen molar-refractivity contribution >= 4 is 34.6 Å². The summed E-state index contributed by atoms with van der Waals surface area (Å²) < 4.78 is 0. The highest BCUT2D eigenvalue weighted by Crippen LogP contribution is 2.30. The number of aliphatic imine (C=N–C) groups is 2. The number of likely N-dealkylation sites (tertiary alicyclic amines) is 1. The average Bonchev–Trinajstić information content (AvgIpc) is 3.45. The molecule has 1 aromatic carbocycles. The van der Waals surface area contributed by atoms with Crippen molar-refractivity contribution in [2.75, 3.05) is 32.7 Å². The standard InChI is InChI=1S/C22H25ClN6S/c23-17-6-4-16(5-7-17)20-15-30-21(27-20)18-14-26-22(28-19(18)8-9-24)25-10-3-13-29-11-1-2-12-29/h4-7,15,18H,1-3,8,10-14H2,(H,25,26). The maximum atomic E-state index is 9.29. The first-order valence-corrected chi connectivity index (χ1v) is 11.6. The molecule has 0 amide bonds. The number of aromatic nitrogens is 1. The van der Waals surface area contributed by atoms with Crippen LogP contribution in [0.4, 0.5) is 0 Å². The normalized spacial score (nSPS) is 19.3. The lowest BCUT2D eigenvalue weighted by Crippen LogP contribution is -2.32. The van der Waals surface area contributed by atoms with Crippen LogP contribution in [0.2, 0.25) is 5.02 Å². The van der Waals surface area contributed by atoms with Crippen LogP contribution in [0.1, 0.15) is 36.6 Å². The predicted octanol–water partition coefficient (Wildman–Crippen LogP) is 4.35. The number of benzene rings is 1. The van der Waals surface area contributed by atoms with Gasteiger partial charge in [-0.3, -0.25) is 4.99 Å². The molecule has 1 fully saturated rings. The fourth-order valence-electron chi connectivity index (χ4n) is 3.80. The van der Waals surface area contributed by atoms with Gasteiger partial charge in [0.1, 0.15) is 5.01 Å². The van der Waals surface area contributed by atoms with Crippen molar-refractivity contribution < 1.29 is 0 Å². The quantitative estimate of drug-likeness (QED) is 0.649. The van der Waals surface area contributed by atoms with E-state index in [1.807, 2.05) is 29.6 Å². The fourth-order valence-corrected chi connectivity index (χ4v) is 4.88. The Hall–Kier alpha value is -2.27. The summed E-state index contributed by atoms with van der Waals surface area (Å²) in [5, 5.41) is 16.3. The summed E-state index contributed by atoms with van der Waals surface area (Å²) in [4.78, 5) is 16.6. The molecule has 1 unspecified atom stereocenters. The molecule has 156 valence electrons. The number of hydrogen-bond acceptors (Lipinski definition) is 7. The molecular formula is C22H25ClN6S. The van der Waals surface area contributed by atoms with Gasteiger partial charge in [0, 0.05) is 28.2 Å². The van der Waals surface area contributed by atoms with Crippen LogP contribution >= 0.6 is 22.9 Å². The zero-order valence-electron chi connectivity index (χ0n) is 16.9. The number of hydrogen-bond donors (Lipinski definition) is 1. The van der Waals surface area contributed by atoms with Gasteiger partial charge in [0.05, 0.1) is 30.6 Å². The second kappa shape index (κ2) is 10.2. The van der Waals surface area contributed by atoms with Crippen molar-refractivity contribution in [3.63, 3.8) is 0 Å². The second-order valence-electron chi connectivity index (χ2n) is 7.56. The van der Waals surface area contributed by atoms with Gasteiger partial charge in [-0.2, -0.15) is 5.26 Å². The van der Waals surface area contributed by atoms with E-state index in [1.54, 1.807) is 11.3 Å². The van der Waals surface area contributed by atoms with Gasteiger partial charge in [0.2, 0.25) is 5.96 Å². The lowest BCUT2D eigenvalue weighted by atomic mass is 10.0. The van der Waals surface area contributed by atoms with E-state index in [4.69, 9.17) is 16.6 Å². The molecule has 0 aliphatic carbocycles. The molecule has 0 saturated carbocycles. The third-order valence-electron chi connectivity index (χ3n) is 5.43. The number of thiazole rings is 1. The zero-order valence-corrected chi connectivity index (χ0v) is 18.4. The summed E-state index contributed by atoms with van der Waals surface area (Å²) in [5.41, 5.74) is 2.78. The Morgan fingerprint density at radius 2 is 2.03 bits per heavy atom. The highest BCUT2D eigenvalue weighted by atomic mass is 35.5. The maximum Gasteiger partial charge on any atom is 0.217 e. The summed E-state index contributed by atoms with van der Waals surface area (Å²) in [6, 6.07) is 9.91. The predicted molar refractivity (Wildman–Crippen MR) is 124 cm³/mol. The lowest BCUT2D eigenvalue weighted by molar-refractivity contribution is 0.334. The monoisotopic (exact) mass is 440 g/mol. The molecule has 30 heavy (non-hydrogen) atoms. The van der Waals surface area contributed by atoms with Gasteiger partial charge in [0.25, 0.3) is 0 Å². The van der Waals surface area contributed by atoms with Crippen LogP contribution < -0.4 is 5.32 Å². The van der Waals surface area contributed by atoms with Gasteiger partial charge < -0.3 is 10.2 Å². The van der Waals surface area contributed by atoms with E-state index < -0.39 is 0 Å². The first-order valence-electron chi connectivity index (χ1n) is 10.4. The Morgan fingerprint density at radius 1 is 1.23 bits per heavy atom. The van der Waals surface area contributed by atoms with Crippen molar-refractivity contribution in [3.8, 4) is 17.3 Å². The first kappa shape index (κ1) is 21.0. The van der Waals surface area contributed by atoms with Gasteiger partial charge in [-0.05, 0) is 51.0 Å². The molecule has 1 atom stereocenters. The van der Waals surface area contributed by atoms with E-state index in [9.17, 15) is 5.26 Å². The third-order valence-corrected chi connectivity index (χ3v) is 6.64. The highest BCUT2D eigenvalue weighted by Gasteiger charge is 2.25. The molecular weight excluding hydrogens is 416 g/mol. The Bertz CT molecular complexity index is 953. The summed E-state index contributed by atoms with van der Waals surface area (Å²) in [7, 11) is 0. The topological polar surface area (TPSA) is 76.7 Å². The number of nitriles is 1. The number of rotatable bonds is 7. The number of guanidine groups is 1. The van der Waals surface area contributed by atoms with Crippen molar-refractivity contribution in [1.29, 1.82) is 5.26 Å². The van der Waals surface area contributed by atoms with E-state index in [0.29, 0.717) is 17.5 Å². The summed E-state index contributed by atoms with van der Waals surface area (Å²) in [6.07, 6.45) is 4.00. The van der Waals surface area contributed by atoms with Crippen LogP contribution in [-0.2, 0) is 0 Å². The smallest absolute Gasteiger partial charge is 0.217 e. The van der Waals surface area contributed by atoms with Crippen molar-refractivity contribution in [2.24, 2.45) is 9.98 Å². The maximum absolute atomic E-state index is 9.29. The van der Waals surface area contributed by atoms with E-state index in [-0.39, 0.29) is 12.3 Å². The Balaban J connectivity index is 1.38. The molecule has 0 bridgehead atoms. The largest absolute Gasteiger partial charge is 0.354 e. The summed E-state index contributed by atoms with van der Waals surface area (Å²) >= 11 is 7.58. The van der Waals surface area contributed by atoms with Crippen LogP contribution in [0.5, 0.6) is 0 Å². The van der Waals surface area contributed by atoms with Gasteiger partial charge in [-0.1, -0.05) is 23.7 Å². The molecule has 2 aliphatic rings. The fraction of sp³-hybridized carbons (Fsp3) is 0.455. The first-order chi connectivity index (χ1) is 14.7. The molecule has 1 N–H and O–H groups in total. The molecule has 4 rings (SSSR count). The molecule has 2 aliphatic heterocycles. The molecule has 8 heteroatoms. The average molecular weight is 441 g/mol. The van der Waals surface area contributed by atoms with Crippen molar-refractivity contribution in [3.05, 3.63) is 39.7 Å². The number of nitrogens with zero attached hydrogens (tertiary/aromatic N) is 5. The summed E-state index contributed by atoms with van der Waals surface area (Å²) in [5.74, 6) is 0.609.